The molecule has 6 heteroatoms. The van der Waals surface area contributed by atoms with E-state index in [1.165, 1.54) is 0 Å². The van der Waals surface area contributed by atoms with Gasteiger partial charge in [0.2, 0.25) is 0 Å². The molecule has 0 aromatic heterocycles. The van der Waals surface area contributed by atoms with Gasteiger partial charge in [-0.05, 0) is 73.0 Å². The summed E-state index contributed by atoms with van der Waals surface area (Å²) in [5.74, 6) is -0.337. The Bertz CT molecular complexity index is 845. The summed E-state index contributed by atoms with van der Waals surface area (Å²) in [7, 11) is 0. The second-order valence-electron chi connectivity index (χ2n) is 6.99. The molecule has 1 aliphatic heterocycles. The van der Waals surface area contributed by atoms with Crippen LogP contribution in [0.5, 0.6) is 0 Å². The van der Waals surface area contributed by atoms with Crippen LogP contribution in [0.1, 0.15) is 47.4 Å². The molecule has 0 spiro atoms. The number of anilines is 2. The van der Waals surface area contributed by atoms with E-state index in [-0.39, 0.29) is 17.9 Å². The van der Waals surface area contributed by atoms with Gasteiger partial charge in [0.15, 0.2) is 0 Å². The van der Waals surface area contributed by atoms with Crippen molar-refractivity contribution in [3.8, 4) is 0 Å². The van der Waals surface area contributed by atoms with Crippen LogP contribution in [0.25, 0.3) is 0 Å². The highest BCUT2D eigenvalue weighted by Gasteiger charge is 2.21. The lowest BCUT2D eigenvalue weighted by Crippen LogP contribution is -2.32. The first-order valence-corrected chi connectivity index (χ1v) is 10.0. The smallest absolute Gasteiger partial charge is 0.256 e. The number of nitrogens with one attached hydrogen (secondary N) is 2. The van der Waals surface area contributed by atoms with Gasteiger partial charge in [-0.3, -0.25) is 9.59 Å². The summed E-state index contributed by atoms with van der Waals surface area (Å²) in [4.78, 5) is 27.6. The van der Waals surface area contributed by atoms with Crippen molar-refractivity contribution >= 4 is 39.1 Å². The normalized spacial score (nSPS) is 13.7. The van der Waals surface area contributed by atoms with Crippen molar-refractivity contribution in [2.24, 2.45) is 0 Å². The Hall–Kier alpha value is -2.34. The Labute approximate surface area is 168 Å². The average Bonchev–Trinajstić information content (AvgIpc) is 3.16. The minimum Gasteiger partial charge on any atom is -0.371 e. The van der Waals surface area contributed by atoms with Gasteiger partial charge in [-0.2, -0.15) is 0 Å². The zero-order chi connectivity index (χ0) is 19.4. The van der Waals surface area contributed by atoms with Gasteiger partial charge in [0.25, 0.3) is 11.8 Å². The van der Waals surface area contributed by atoms with Gasteiger partial charge >= 0.3 is 0 Å². The molecule has 0 saturated carbocycles. The third kappa shape index (κ3) is 4.69. The molecule has 0 aliphatic carbocycles. The molecule has 2 aromatic carbocycles. The molecule has 142 valence electrons. The third-order valence-electron chi connectivity index (χ3n) is 4.48. The molecule has 1 heterocycles. The van der Waals surface area contributed by atoms with E-state index in [2.05, 4.69) is 31.5 Å². The topological polar surface area (TPSA) is 61.4 Å². The molecule has 0 bridgehead atoms. The summed E-state index contributed by atoms with van der Waals surface area (Å²) in [5, 5.41) is 5.86. The van der Waals surface area contributed by atoms with Gasteiger partial charge < -0.3 is 15.5 Å². The van der Waals surface area contributed by atoms with Crippen LogP contribution >= 0.6 is 15.9 Å². The van der Waals surface area contributed by atoms with E-state index in [0.717, 1.165) is 36.1 Å². The summed E-state index contributed by atoms with van der Waals surface area (Å²) in [6.07, 6.45) is 2.26. The fraction of sp³-hybridized carbons (Fsp3) is 0.333. The molecular weight excluding hydrogens is 406 g/mol. The molecule has 0 radical (unpaired) electrons. The summed E-state index contributed by atoms with van der Waals surface area (Å²) < 4.78 is 0.731. The Morgan fingerprint density at radius 3 is 2.37 bits per heavy atom. The van der Waals surface area contributed by atoms with Crippen molar-refractivity contribution in [3.63, 3.8) is 0 Å². The highest BCUT2D eigenvalue weighted by Crippen LogP contribution is 2.28. The van der Waals surface area contributed by atoms with Gasteiger partial charge in [0.05, 0.1) is 11.1 Å². The van der Waals surface area contributed by atoms with Gasteiger partial charge in [0.1, 0.15) is 0 Å². The molecule has 27 heavy (non-hydrogen) atoms. The first-order valence-electron chi connectivity index (χ1n) is 9.21. The Morgan fingerprint density at radius 1 is 1.00 bits per heavy atom. The molecule has 2 aromatic rings. The predicted molar refractivity (Wildman–Crippen MR) is 113 cm³/mol. The number of halogens is 1. The largest absolute Gasteiger partial charge is 0.371 e. The number of carbonyl (C=O) groups is 2. The molecule has 1 aliphatic rings. The standard InChI is InChI=1S/C21H24BrN3O2/c1-14(2)23-21(27)17-13-15(9-10-19(17)25-11-5-6-12-25)24-20(26)16-7-3-4-8-18(16)22/h3-4,7-10,13-14H,5-6,11-12H2,1-2H3,(H,23,27)(H,24,26). The van der Waals surface area contributed by atoms with Crippen LogP contribution < -0.4 is 15.5 Å². The van der Waals surface area contributed by atoms with Crippen molar-refractivity contribution in [3.05, 3.63) is 58.1 Å². The van der Waals surface area contributed by atoms with Crippen LogP contribution in [0, 0.1) is 0 Å². The van der Waals surface area contributed by atoms with Crippen LogP contribution in [0.15, 0.2) is 46.9 Å². The molecule has 2 N–H and O–H groups in total. The van der Waals surface area contributed by atoms with Crippen LogP contribution in [0.3, 0.4) is 0 Å². The Balaban J connectivity index is 1.89. The number of nitrogens with zero attached hydrogens (tertiary/aromatic N) is 1. The van der Waals surface area contributed by atoms with Crippen molar-refractivity contribution < 1.29 is 9.59 Å². The first kappa shape index (κ1) is 19.4. The lowest BCUT2D eigenvalue weighted by atomic mass is 10.1. The van der Waals surface area contributed by atoms with E-state index >= 15 is 0 Å². The minimum atomic E-state index is -0.216. The number of benzene rings is 2. The van der Waals surface area contributed by atoms with Gasteiger partial charge in [-0.15, -0.1) is 0 Å². The van der Waals surface area contributed by atoms with Crippen molar-refractivity contribution in [1.82, 2.24) is 5.32 Å². The Kier molecular flexibility index (Phi) is 6.16. The van der Waals surface area contributed by atoms with Crippen LogP contribution in [-0.2, 0) is 0 Å². The predicted octanol–water partition coefficient (Wildman–Crippen LogP) is 4.44. The van der Waals surface area contributed by atoms with E-state index in [4.69, 9.17) is 0 Å². The maximum Gasteiger partial charge on any atom is 0.256 e. The zero-order valence-corrected chi connectivity index (χ0v) is 17.2. The zero-order valence-electron chi connectivity index (χ0n) is 15.6. The average molecular weight is 430 g/mol. The molecule has 1 fully saturated rings. The van der Waals surface area contributed by atoms with E-state index in [9.17, 15) is 9.59 Å². The van der Waals surface area contributed by atoms with Crippen molar-refractivity contribution in [2.45, 2.75) is 32.7 Å². The number of carbonyl (C=O) groups excluding carboxylic acids is 2. The molecular formula is C21H24BrN3O2. The summed E-state index contributed by atoms with van der Waals surface area (Å²) >= 11 is 3.40. The van der Waals surface area contributed by atoms with Gasteiger partial charge in [0, 0.05) is 35.0 Å². The number of amides is 2. The molecule has 0 atom stereocenters. The second kappa shape index (κ2) is 8.57. The number of hydrogen-bond donors (Lipinski definition) is 2. The van der Waals surface area contributed by atoms with E-state index < -0.39 is 0 Å². The summed E-state index contributed by atoms with van der Waals surface area (Å²) in [5.41, 5.74) is 2.67. The second-order valence-corrected chi connectivity index (χ2v) is 7.84. The molecule has 0 unspecified atom stereocenters. The summed E-state index contributed by atoms with van der Waals surface area (Å²) in [6.45, 7) is 5.77. The van der Waals surface area contributed by atoms with Gasteiger partial charge in [-0.1, -0.05) is 12.1 Å². The maximum atomic E-state index is 12.7. The SMILES string of the molecule is CC(C)NC(=O)c1cc(NC(=O)c2ccccc2Br)ccc1N1CCCC1. The lowest BCUT2D eigenvalue weighted by molar-refractivity contribution is 0.0942. The van der Waals surface area contributed by atoms with Crippen LogP contribution in [0.2, 0.25) is 0 Å². The van der Waals surface area contributed by atoms with Crippen molar-refractivity contribution in [1.29, 1.82) is 0 Å². The molecule has 3 rings (SSSR count). The molecule has 1 saturated heterocycles. The van der Waals surface area contributed by atoms with E-state index in [1.54, 1.807) is 12.1 Å². The van der Waals surface area contributed by atoms with Crippen LogP contribution in [0.4, 0.5) is 11.4 Å². The van der Waals surface area contributed by atoms with Crippen molar-refractivity contribution in [2.75, 3.05) is 23.3 Å². The lowest BCUT2D eigenvalue weighted by Gasteiger charge is -2.22. The minimum absolute atomic E-state index is 0.0439. The van der Waals surface area contributed by atoms with E-state index in [0.29, 0.717) is 16.8 Å². The summed E-state index contributed by atoms with van der Waals surface area (Å²) in [6, 6.07) is 12.8. The van der Waals surface area contributed by atoms with E-state index in [1.807, 2.05) is 44.2 Å². The quantitative estimate of drug-likeness (QED) is 0.738. The third-order valence-corrected chi connectivity index (χ3v) is 5.18. The molecule has 5 nitrogen and oxygen atoms in total. The maximum absolute atomic E-state index is 12.7. The first-order chi connectivity index (χ1) is 13.0. The van der Waals surface area contributed by atoms with Crippen LogP contribution in [-0.4, -0.2) is 30.9 Å². The highest BCUT2D eigenvalue weighted by atomic mass is 79.9. The highest BCUT2D eigenvalue weighted by molar-refractivity contribution is 9.10. The molecule has 2 amide bonds. The Morgan fingerprint density at radius 2 is 1.70 bits per heavy atom. The van der Waals surface area contributed by atoms with Gasteiger partial charge in [-0.25, -0.2) is 0 Å². The fourth-order valence-corrected chi connectivity index (χ4v) is 3.68. The number of rotatable bonds is 5. The monoisotopic (exact) mass is 429 g/mol. The fourth-order valence-electron chi connectivity index (χ4n) is 3.21. The number of hydrogen-bond acceptors (Lipinski definition) is 3.